The van der Waals surface area contributed by atoms with Gasteiger partial charge in [-0.15, -0.1) is 0 Å². The molecule has 0 amide bonds. The summed E-state index contributed by atoms with van der Waals surface area (Å²) >= 11 is 0. The van der Waals surface area contributed by atoms with Gasteiger partial charge >= 0.3 is 12.4 Å². The lowest BCUT2D eigenvalue weighted by atomic mass is 10.0. The molecule has 1 N–H and O–H groups in total. The number of aromatic nitrogens is 3. The van der Waals surface area contributed by atoms with Crippen molar-refractivity contribution in [3.8, 4) is 5.75 Å². The van der Waals surface area contributed by atoms with Gasteiger partial charge in [0.2, 0.25) is 0 Å². The Morgan fingerprint density at radius 1 is 1.00 bits per heavy atom. The van der Waals surface area contributed by atoms with Gasteiger partial charge in [0.05, 0.1) is 17.7 Å². The molecule has 3 aromatic rings. The van der Waals surface area contributed by atoms with E-state index in [1.165, 1.54) is 6.33 Å². The lowest BCUT2D eigenvalue weighted by molar-refractivity contribution is -0.143. The summed E-state index contributed by atoms with van der Waals surface area (Å²) in [6.45, 7) is 1.88. The molecular formula is C21H20F6N4O. The summed E-state index contributed by atoms with van der Waals surface area (Å²) in [6, 6.07) is 8.08. The Hall–Kier alpha value is -3.08. The topological polar surface area (TPSA) is 54.0 Å². The normalized spacial score (nSPS) is 13.4. The van der Waals surface area contributed by atoms with Crippen molar-refractivity contribution >= 4 is 0 Å². The molecule has 0 spiro atoms. The van der Waals surface area contributed by atoms with E-state index in [-0.39, 0.29) is 17.7 Å². The molecule has 2 aromatic carbocycles. The summed E-state index contributed by atoms with van der Waals surface area (Å²) in [5.74, 6) is 0.997. The van der Waals surface area contributed by atoms with Crippen LogP contribution in [0, 0.1) is 0 Å². The van der Waals surface area contributed by atoms with E-state index in [0.717, 1.165) is 5.56 Å². The van der Waals surface area contributed by atoms with E-state index in [4.69, 9.17) is 4.74 Å². The highest BCUT2D eigenvalue weighted by Crippen LogP contribution is 2.37. The lowest BCUT2D eigenvalue weighted by Crippen LogP contribution is -2.23. The zero-order chi connectivity index (χ0) is 23.5. The number of alkyl halides is 6. The van der Waals surface area contributed by atoms with Crippen LogP contribution in [0.2, 0.25) is 0 Å². The van der Waals surface area contributed by atoms with E-state index in [9.17, 15) is 26.3 Å². The Labute approximate surface area is 180 Å². The first kappa shape index (κ1) is 23.6. The number of benzene rings is 2. The second kappa shape index (κ2) is 9.19. The number of para-hydroxylation sites is 1. The van der Waals surface area contributed by atoms with E-state index in [1.807, 2.05) is 18.9 Å². The third-order valence-corrected chi connectivity index (χ3v) is 4.94. The minimum atomic E-state index is -4.91. The van der Waals surface area contributed by atoms with Gasteiger partial charge in [-0.05, 0) is 43.8 Å². The highest BCUT2D eigenvalue weighted by molar-refractivity contribution is 5.37. The van der Waals surface area contributed by atoms with Gasteiger partial charge in [0.1, 0.15) is 24.5 Å². The van der Waals surface area contributed by atoms with Gasteiger partial charge in [0.25, 0.3) is 0 Å². The molecule has 0 unspecified atom stereocenters. The minimum Gasteiger partial charge on any atom is -0.489 e. The number of hydrogen-bond acceptors (Lipinski definition) is 4. The van der Waals surface area contributed by atoms with Crippen molar-refractivity contribution in [2.45, 2.75) is 38.5 Å². The highest BCUT2D eigenvalue weighted by Gasteiger charge is 2.37. The standard InChI is InChI=1S/C21H20F6N4O/c1-13(31(2)10-19-28-12-29-30-19)17-5-3-4-6-18(17)32-11-14-7-15(20(22,23)24)9-16(8-14)21(25,26)27/h3-9,12-13H,10-11H2,1-2H3,(H,28,29,30)/t13-/m0/s1. The van der Waals surface area contributed by atoms with E-state index in [2.05, 4.69) is 15.2 Å². The maximum atomic E-state index is 13.1. The molecule has 0 saturated carbocycles. The largest absolute Gasteiger partial charge is 0.489 e. The molecule has 172 valence electrons. The molecule has 0 fully saturated rings. The van der Waals surface area contributed by atoms with Crippen molar-refractivity contribution in [1.82, 2.24) is 20.1 Å². The van der Waals surface area contributed by atoms with Crippen LogP contribution in [-0.4, -0.2) is 27.1 Å². The molecule has 32 heavy (non-hydrogen) atoms. The molecule has 0 aliphatic heterocycles. The van der Waals surface area contributed by atoms with E-state index >= 15 is 0 Å². The summed E-state index contributed by atoms with van der Waals surface area (Å²) in [4.78, 5) is 6.00. The molecule has 0 bridgehead atoms. The summed E-state index contributed by atoms with van der Waals surface area (Å²) in [5, 5.41) is 6.54. The first-order valence-corrected chi connectivity index (χ1v) is 9.49. The van der Waals surface area contributed by atoms with Crippen molar-refractivity contribution < 1.29 is 31.1 Å². The monoisotopic (exact) mass is 458 g/mol. The van der Waals surface area contributed by atoms with Gasteiger partial charge in [0.15, 0.2) is 0 Å². The number of nitrogens with zero attached hydrogens (tertiary/aromatic N) is 3. The molecule has 1 aromatic heterocycles. The summed E-state index contributed by atoms with van der Waals surface area (Å²) in [6.07, 6.45) is -8.44. The van der Waals surface area contributed by atoms with Crippen molar-refractivity contribution in [3.05, 3.63) is 76.9 Å². The molecule has 11 heteroatoms. The van der Waals surface area contributed by atoms with Gasteiger partial charge in [-0.3, -0.25) is 10.00 Å². The molecular weight excluding hydrogens is 438 g/mol. The third kappa shape index (κ3) is 5.78. The fraction of sp³-hybridized carbons (Fsp3) is 0.333. The number of rotatable bonds is 7. The number of hydrogen-bond donors (Lipinski definition) is 1. The average molecular weight is 458 g/mol. The van der Waals surface area contributed by atoms with Crippen LogP contribution in [0.3, 0.4) is 0 Å². The van der Waals surface area contributed by atoms with E-state index in [0.29, 0.717) is 30.3 Å². The molecule has 0 radical (unpaired) electrons. The number of nitrogens with one attached hydrogen (secondary N) is 1. The summed E-state index contributed by atoms with van der Waals surface area (Å²) in [7, 11) is 1.84. The van der Waals surface area contributed by atoms with Crippen LogP contribution < -0.4 is 4.74 Å². The SMILES string of the molecule is C[C@@H](c1ccccc1OCc1cc(C(F)(F)F)cc(C(F)(F)F)c1)N(C)Cc1ncn[nH]1. The first-order valence-electron chi connectivity index (χ1n) is 9.49. The molecule has 0 saturated heterocycles. The van der Waals surface area contributed by atoms with E-state index < -0.39 is 30.1 Å². The second-order valence-corrected chi connectivity index (χ2v) is 7.26. The van der Waals surface area contributed by atoms with Crippen LogP contribution in [0.4, 0.5) is 26.3 Å². The quantitative estimate of drug-likeness (QED) is 0.468. The average Bonchev–Trinajstić information content (AvgIpc) is 3.23. The fourth-order valence-electron chi connectivity index (χ4n) is 3.14. The molecule has 0 aliphatic rings. The van der Waals surface area contributed by atoms with Gasteiger partial charge in [-0.2, -0.15) is 31.4 Å². The van der Waals surface area contributed by atoms with E-state index in [1.54, 1.807) is 24.3 Å². The lowest BCUT2D eigenvalue weighted by Gasteiger charge is -2.26. The highest BCUT2D eigenvalue weighted by atomic mass is 19.4. The van der Waals surface area contributed by atoms with Crippen molar-refractivity contribution in [2.24, 2.45) is 0 Å². The Bertz CT molecular complexity index is 1000. The van der Waals surface area contributed by atoms with Crippen LogP contribution in [0.1, 0.15) is 41.0 Å². The second-order valence-electron chi connectivity index (χ2n) is 7.26. The number of aromatic amines is 1. The molecule has 3 rings (SSSR count). The Morgan fingerprint density at radius 3 is 2.19 bits per heavy atom. The maximum Gasteiger partial charge on any atom is 0.416 e. The predicted octanol–water partition coefficient (Wildman–Crippen LogP) is 5.61. The number of ether oxygens (including phenoxy) is 1. The summed E-state index contributed by atoms with van der Waals surface area (Å²) in [5.41, 5.74) is -2.26. The van der Waals surface area contributed by atoms with Crippen LogP contribution in [-0.2, 0) is 25.5 Å². The zero-order valence-corrected chi connectivity index (χ0v) is 17.1. The predicted molar refractivity (Wildman–Crippen MR) is 103 cm³/mol. The molecule has 0 aliphatic carbocycles. The Balaban J connectivity index is 1.82. The van der Waals surface area contributed by atoms with Crippen molar-refractivity contribution in [1.29, 1.82) is 0 Å². The van der Waals surface area contributed by atoms with Gasteiger partial charge in [-0.1, -0.05) is 18.2 Å². The number of halogens is 6. The van der Waals surface area contributed by atoms with Crippen molar-refractivity contribution in [2.75, 3.05) is 7.05 Å². The fourth-order valence-corrected chi connectivity index (χ4v) is 3.14. The first-order chi connectivity index (χ1) is 14.9. The Kier molecular flexibility index (Phi) is 6.77. The van der Waals surface area contributed by atoms with Crippen LogP contribution in [0.15, 0.2) is 48.8 Å². The van der Waals surface area contributed by atoms with Crippen LogP contribution in [0.25, 0.3) is 0 Å². The molecule has 1 heterocycles. The van der Waals surface area contributed by atoms with Gasteiger partial charge in [0, 0.05) is 11.6 Å². The molecule has 1 atom stereocenters. The van der Waals surface area contributed by atoms with Gasteiger partial charge < -0.3 is 4.74 Å². The van der Waals surface area contributed by atoms with Gasteiger partial charge in [-0.25, -0.2) is 4.98 Å². The maximum absolute atomic E-state index is 13.1. The number of H-pyrrole nitrogens is 1. The van der Waals surface area contributed by atoms with Crippen LogP contribution in [0.5, 0.6) is 5.75 Å². The third-order valence-electron chi connectivity index (χ3n) is 4.94. The zero-order valence-electron chi connectivity index (χ0n) is 17.1. The van der Waals surface area contributed by atoms with Crippen LogP contribution >= 0.6 is 0 Å². The minimum absolute atomic E-state index is 0.0952. The van der Waals surface area contributed by atoms with Crippen molar-refractivity contribution in [3.63, 3.8) is 0 Å². The summed E-state index contributed by atoms with van der Waals surface area (Å²) < 4.78 is 84.2. The smallest absolute Gasteiger partial charge is 0.416 e. The molecule has 5 nitrogen and oxygen atoms in total. The Morgan fingerprint density at radius 2 is 1.62 bits per heavy atom.